The summed E-state index contributed by atoms with van der Waals surface area (Å²) in [5.41, 5.74) is 1.20. The number of nitrogens with zero attached hydrogens (tertiary/aromatic N) is 2. The molecule has 8 nitrogen and oxygen atoms in total. The number of carbonyl (C=O) groups excluding carboxylic acids is 2. The van der Waals surface area contributed by atoms with Crippen molar-refractivity contribution in [3.8, 4) is 5.75 Å². The molecular formula is C28H30Cl3F2N5O3S. The van der Waals surface area contributed by atoms with Crippen LogP contribution in [0.5, 0.6) is 5.75 Å². The van der Waals surface area contributed by atoms with Crippen molar-refractivity contribution in [3.05, 3.63) is 67.5 Å². The van der Waals surface area contributed by atoms with Crippen molar-refractivity contribution in [2.45, 2.75) is 40.7 Å². The Morgan fingerprint density at radius 1 is 1.24 bits per heavy atom. The number of ether oxygens (including phenoxy) is 1. The molecule has 1 aromatic heterocycles. The fourth-order valence-corrected chi connectivity index (χ4v) is 4.88. The van der Waals surface area contributed by atoms with Gasteiger partial charge in [-0.1, -0.05) is 86.1 Å². The van der Waals surface area contributed by atoms with E-state index in [4.69, 9.17) is 39.5 Å². The van der Waals surface area contributed by atoms with E-state index in [0.717, 1.165) is 11.8 Å². The number of thioether (sulfide) groups is 1. The number of imidazole rings is 1. The Morgan fingerprint density at radius 3 is 2.55 bits per heavy atom. The molecule has 3 rings (SSSR count). The molecule has 0 atom stereocenters. The third kappa shape index (κ3) is 8.31. The zero-order valence-corrected chi connectivity index (χ0v) is 26.6. The highest BCUT2D eigenvalue weighted by atomic mass is 35.5. The Bertz CT molecular complexity index is 1550. The smallest absolute Gasteiger partial charge is 0.272 e. The Balaban J connectivity index is 1.98. The summed E-state index contributed by atoms with van der Waals surface area (Å²) in [6.07, 6.45) is -1.13. The molecule has 3 aromatic rings. The summed E-state index contributed by atoms with van der Waals surface area (Å²) in [7, 11) is 1.68. The van der Waals surface area contributed by atoms with Gasteiger partial charge >= 0.3 is 0 Å². The monoisotopic (exact) mass is 659 g/mol. The second-order valence-corrected chi connectivity index (χ2v) is 12.6. The van der Waals surface area contributed by atoms with Gasteiger partial charge in [-0.2, -0.15) is 0 Å². The largest absolute Gasteiger partial charge is 0.487 e. The fourth-order valence-electron chi connectivity index (χ4n) is 3.58. The molecule has 0 aliphatic heterocycles. The van der Waals surface area contributed by atoms with Crippen molar-refractivity contribution in [1.82, 2.24) is 20.2 Å². The van der Waals surface area contributed by atoms with Gasteiger partial charge in [0.1, 0.15) is 12.4 Å². The minimum atomic E-state index is -2.76. The van der Waals surface area contributed by atoms with Crippen molar-refractivity contribution >= 4 is 81.0 Å². The van der Waals surface area contributed by atoms with Gasteiger partial charge in [0, 0.05) is 25.1 Å². The van der Waals surface area contributed by atoms with Crippen LogP contribution < -0.4 is 20.7 Å². The first-order chi connectivity index (χ1) is 19.6. The van der Waals surface area contributed by atoms with E-state index in [9.17, 15) is 18.4 Å². The van der Waals surface area contributed by atoms with E-state index >= 15 is 0 Å². The number of rotatable bonds is 11. The Labute approximate surface area is 261 Å². The van der Waals surface area contributed by atoms with Gasteiger partial charge in [0.15, 0.2) is 0 Å². The van der Waals surface area contributed by atoms with E-state index in [1.807, 2.05) is 0 Å². The average molecular weight is 661 g/mol. The summed E-state index contributed by atoms with van der Waals surface area (Å²) in [6, 6.07) is 6.22. The molecule has 0 fully saturated rings. The number of alkyl halides is 2. The predicted octanol–water partition coefficient (Wildman–Crippen LogP) is 7.96. The minimum absolute atomic E-state index is 0.0289. The molecule has 0 bridgehead atoms. The number of hydrogen-bond acceptors (Lipinski definition) is 6. The van der Waals surface area contributed by atoms with E-state index in [2.05, 4.69) is 27.5 Å². The van der Waals surface area contributed by atoms with Gasteiger partial charge in [-0.25, -0.2) is 13.8 Å². The molecule has 0 radical (unpaired) electrons. The van der Waals surface area contributed by atoms with Crippen LogP contribution in [-0.4, -0.2) is 34.4 Å². The zero-order valence-electron chi connectivity index (χ0n) is 23.5. The summed E-state index contributed by atoms with van der Waals surface area (Å²) in [4.78, 5) is 30.0. The molecule has 0 spiro atoms. The lowest BCUT2D eigenvalue weighted by atomic mass is 9.95. The SMILES string of the molecule is C=C(NC(=O)c1cc2nc(Nc3c(Cl)ccc(CNC(=O)C(C)(C)C)c3Cl)n(C)c2cc1OCC(F)F)S/C(Cl)=C\C. The number of nitrogens with one attached hydrogen (secondary N) is 3. The maximum Gasteiger partial charge on any atom is 0.272 e. The molecule has 1 heterocycles. The van der Waals surface area contributed by atoms with Crippen LogP contribution in [0.15, 0.2) is 46.3 Å². The number of benzene rings is 2. The van der Waals surface area contributed by atoms with Crippen LogP contribution in [0.3, 0.4) is 0 Å². The number of hydrogen-bond donors (Lipinski definition) is 3. The van der Waals surface area contributed by atoms with Gasteiger partial charge < -0.3 is 25.3 Å². The molecule has 3 N–H and O–H groups in total. The summed E-state index contributed by atoms with van der Waals surface area (Å²) in [5, 5.41) is 9.36. The summed E-state index contributed by atoms with van der Waals surface area (Å²) in [5.74, 6) is -0.565. The van der Waals surface area contributed by atoms with Gasteiger partial charge in [0.2, 0.25) is 11.9 Å². The maximum absolute atomic E-state index is 13.1. The van der Waals surface area contributed by atoms with Crippen LogP contribution in [0.1, 0.15) is 43.6 Å². The fraction of sp³-hybridized carbons (Fsp3) is 0.321. The van der Waals surface area contributed by atoms with Crippen LogP contribution in [0.25, 0.3) is 11.0 Å². The number of carbonyl (C=O) groups is 2. The number of halogens is 5. The molecular weight excluding hydrogens is 631 g/mol. The van der Waals surface area contributed by atoms with E-state index in [1.165, 1.54) is 12.1 Å². The number of aryl methyl sites for hydroxylation is 1. The molecule has 2 aromatic carbocycles. The molecule has 14 heteroatoms. The van der Waals surface area contributed by atoms with Crippen LogP contribution in [-0.2, 0) is 18.4 Å². The second-order valence-electron chi connectivity index (χ2n) is 10.1. The van der Waals surface area contributed by atoms with E-state index < -0.39 is 24.4 Å². The molecule has 226 valence electrons. The highest BCUT2D eigenvalue weighted by Crippen LogP contribution is 2.37. The van der Waals surface area contributed by atoms with E-state index in [-0.39, 0.29) is 33.8 Å². The topological polar surface area (TPSA) is 97.3 Å². The lowest BCUT2D eigenvalue weighted by molar-refractivity contribution is -0.128. The predicted molar refractivity (Wildman–Crippen MR) is 167 cm³/mol. The first-order valence-corrected chi connectivity index (χ1v) is 14.5. The van der Waals surface area contributed by atoms with Crippen LogP contribution in [0.4, 0.5) is 20.4 Å². The quantitative estimate of drug-likeness (QED) is 0.193. The summed E-state index contributed by atoms with van der Waals surface area (Å²) >= 11 is 20.2. The standard InChI is InChI=1S/C28H30Cl3F2N5O3S/c1-7-21(30)42-14(2)35-25(39)16-10-18-19(11-20(16)41-13-22(32)33)38(6)27(36-18)37-24-17(29)9-8-15(23(24)31)12-34-26(40)28(3,4)5/h7-11,22H,2,12-13H2,1,3-6H3,(H,34,40)(H,35,39)(H,36,37)/b21-7-. The van der Waals surface area contributed by atoms with Crippen molar-refractivity contribution in [1.29, 1.82) is 0 Å². The van der Waals surface area contributed by atoms with Crippen molar-refractivity contribution in [2.75, 3.05) is 11.9 Å². The molecule has 0 aliphatic rings. The molecule has 2 amide bonds. The third-order valence-corrected chi connectivity index (χ3v) is 7.80. The maximum atomic E-state index is 13.1. The van der Waals surface area contributed by atoms with Crippen LogP contribution in [0.2, 0.25) is 10.0 Å². The van der Waals surface area contributed by atoms with Crippen LogP contribution in [0, 0.1) is 5.41 Å². The Morgan fingerprint density at radius 2 is 1.93 bits per heavy atom. The van der Waals surface area contributed by atoms with Gasteiger partial charge in [0.05, 0.1) is 41.7 Å². The average Bonchev–Trinajstić information content (AvgIpc) is 3.21. The number of aromatic nitrogens is 2. The number of anilines is 2. The molecule has 0 saturated carbocycles. The molecule has 0 saturated heterocycles. The molecule has 0 unspecified atom stereocenters. The second kappa shape index (κ2) is 14.0. The van der Waals surface area contributed by atoms with Gasteiger partial charge in [-0.05, 0) is 24.6 Å². The van der Waals surface area contributed by atoms with Gasteiger partial charge in [-0.3, -0.25) is 9.59 Å². The van der Waals surface area contributed by atoms with Crippen molar-refractivity contribution in [3.63, 3.8) is 0 Å². The highest BCUT2D eigenvalue weighted by molar-refractivity contribution is 8.08. The number of allylic oxidation sites excluding steroid dienone is 1. The zero-order chi connectivity index (χ0) is 31.4. The summed E-state index contributed by atoms with van der Waals surface area (Å²) < 4.78 is 33.3. The lowest BCUT2D eigenvalue weighted by Gasteiger charge is -2.19. The van der Waals surface area contributed by atoms with Gasteiger partial charge in [0.25, 0.3) is 12.3 Å². The minimum Gasteiger partial charge on any atom is -0.487 e. The van der Waals surface area contributed by atoms with Gasteiger partial charge in [-0.15, -0.1) is 0 Å². The first kappa shape index (κ1) is 33.5. The summed E-state index contributed by atoms with van der Waals surface area (Å²) in [6.45, 7) is 10.2. The number of fused-ring (bicyclic) bond motifs is 1. The van der Waals surface area contributed by atoms with Crippen LogP contribution >= 0.6 is 46.6 Å². The Kier molecular flexibility index (Phi) is 11.2. The first-order valence-electron chi connectivity index (χ1n) is 12.6. The van der Waals surface area contributed by atoms with E-state index in [1.54, 1.807) is 57.5 Å². The molecule has 0 aliphatic carbocycles. The van der Waals surface area contributed by atoms with E-state index in [0.29, 0.717) is 37.6 Å². The van der Waals surface area contributed by atoms with Crippen molar-refractivity contribution < 1.29 is 23.1 Å². The Hall–Kier alpha value is -2.99. The number of amides is 2. The van der Waals surface area contributed by atoms with Crippen molar-refractivity contribution in [2.24, 2.45) is 12.5 Å². The lowest BCUT2D eigenvalue weighted by Crippen LogP contribution is -2.34. The third-order valence-electron chi connectivity index (χ3n) is 5.82. The highest BCUT2D eigenvalue weighted by Gasteiger charge is 2.23. The normalized spacial score (nSPS) is 12.0. The molecule has 42 heavy (non-hydrogen) atoms.